The predicted octanol–water partition coefficient (Wildman–Crippen LogP) is 13.7. The van der Waals surface area contributed by atoms with Gasteiger partial charge in [-0.2, -0.15) is 0 Å². The minimum atomic E-state index is -1.55. The predicted molar refractivity (Wildman–Crippen MR) is 240 cm³/mol. The van der Waals surface area contributed by atoms with Gasteiger partial charge in [0.15, 0.2) is 0 Å². The van der Waals surface area contributed by atoms with Gasteiger partial charge in [-0.25, -0.2) is 4.98 Å². The summed E-state index contributed by atoms with van der Waals surface area (Å²) in [6.45, 7) is 4.24. The van der Waals surface area contributed by atoms with Crippen LogP contribution in [0.15, 0.2) is 206 Å². The van der Waals surface area contributed by atoms with Crippen LogP contribution in [-0.2, 0) is 5.60 Å². The van der Waals surface area contributed by atoms with Gasteiger partial charge in [0.05, 0.1) is 11.2 Å². The van der Waals surface area contributed by atoms with E-state index in [2.05, 4.69) is 187 Å². The van der Waals surface area contributed by atoms with E-state index in [1.807, 2.05) is 42.5 Å². The third kappa shape index (κ3) is 6.03. The molecule has 0 fully saturated rings. The summed E-state index contributed by atoms with van der Waals surface area (Å²) >= 11 is 0. The zero-order chi connectivity index (χ0) is 39.2. The highest BCUT2D eigenvalue weighted by molar-refractivity contribution is 5.91. The van der Waals surface area contributed by atoms with E-state index >= 15 is 0 Å². The second kappa shape index (κ2) is 14.3. The van der Waals surface area contributed by atoms with Crippen molar-refractivity contribution in [3.63, 3.8) is 0 Å². The molecule has 1 aromatic heterocycles. The summed E-state index contributed by atoms with van der Waals surface area (Å²) in [6, 6.07) is 71.7. The van der Waals surface area contributed by atoms with E-state index in [4.69, 9.17) is 4.98 Å². The lowest BCUT2D eigenvalue weighted by atomic mass is 9.80. The number of hydrogen-bond donors (Lipinski definition) is 1. The summed E-state index contributed by atoms with van der Waals surface area (Å²) in [4.78, 5) is 9.70. The number of aromatic nitrogens is 1. The zero-order valence-corrected chi connectivity index (χ0v) is 32.4. The number of nitrogens with zero attached hydrogens (tertiary/aromatic N) is 3. The van der Waals surface area contributed by atoms with E-state index in [9.17, 15) is 5.11 Å². The van der Waals surface area contributed by atoms with Gasteiger partial charge in [-0.15, -0.1) is 0 Å². The number of aliphatic hydroxyl groups is 1. The Hall–Kier alpha value is -7.27. The highest BCUT2D eigenvalue weighted by Crippen LogP contribution is 2.55. The Balaban J connectivity index is 1.23. The first-order chi connectivity index (χ1) is 28.5. The molecule has 1 heterocycles. The summed E-state index contributed by atoms with van der Waals surface area (Å²) in [5, 5.41) is 15.1. The molecule has 1 aliphatic rings. The zero-order valence-electron chi connectivity index (χ0n) is 32.4. The largest absolute Gasteiger partial charge is 0.376 e. The maximum atomic E-state index is 14.0. The van der Waals surface area contributed by atoms with Gasteiger partial charge in [-0.05, 0) is 121 Å². The van der Waals surface area contributed by atoms with Gasteiger partial charge in [-0.3, -0.25) is 0 Å². The van der Waals surface area contributed by atoms with Crippen LogP contribution in [0, 0.1) is 13.8 Å². The molecule has 0 bridgehead atoms. The highest BCUT2D eigenvalue weighted by atomic mass is 16.3. The van der Waals surface area contributed by atoms with Gasteiger partial charge in [0.25, 0.3) is 0 Å². The molecule has 0 saturated heterocycles. The van der Waals surface area contributed by atoms with Crippen molar-refractivity contribution in [2.75, 3.05) is 9.80 Å². The molecule has 4 heteroatoms. The van der Waals surface area contributed by atoms with Crippen LogP contribution < -0.4 is 9.80 Å². The number of para-hydroxylation sites is 3. The molecule has 0 unspecified atom stereocenters. The number of benzene rings is 8. The lowest BCUT2D eigenvalue weighted by molar-refractivity contribution is 0.131. The van der Waals surface area contributed by atoms with Crippen molar-refractivity contribution in [1.82, 2.24) is 4.98 Å². The van der Waals surface area contributed by atoms with Crippen LogP contribution in [0.1, 0.15) is 27.8 Å². The fourth-order valence-electron chi connectivity index (χ4n) is 8.67. The Bertz CT molecular complexity index is 2820. The smallest absolute Gasteiger partial charge is 0.142 e. The molecular weight excluding hydrogens is 707 g/mol. The number of rotatable bonds is 8. The van der Waals surface area contributed by atoms with Gasteiger partial charge in [0.2, 0.25) is 0 Å². The standard InChI is InChI=1S/C54H41N3O/c1-37-15-13-22-42(33-37)56(40-18-5-3-6-19-40)44-28-30-46-47-31-29-45(57(41-20-7-4-8-21-41)43-23-14-16-38(2)34-43)36-51(47)54(58,50(46)35-44)49-25-11-10-24-48(49)53-32-27-39-17-9-12-26-52(39)55-53/h3-36,58H,1-2H3. The van der Waals surface area contributed by atoms with Crippen LogP contribution in [0.4, 0.5) is 34.1 Å². The third-order valence-corrected chi connectivity index (χ3v) is 11.3. The van der Waals surface area contributed by atoms with Crippen molar-refractivity contribution in [3.8, 4) is 22.4 Å². The summed E-state index contributed by atoms with van der Waals surface area (Å²) in [7, 11) is 0. The van der Waals surface area contributed by atoms with E-state index < -0.39 is 5.60 Å². The minimum Gasteiger partial charge on any atom is -0.376 e. The molecule has 8 aromatic carbocycles. The summed E-state index contributed by atoms with van der Waals surface area (Å²) in [5.41, 5.74) is 13.9. The van der Waals surface area contributed by atoms with Crippen LogP contribution in [0.3, 0.4) is 0 Å². The minimum absolute atomic E-state index is 0.774. The van der Waals surface area contributed by atoms with Crippen molar-refractivity contribution >= 4 is 45.0 Å². The molecule has 9 aromatic rings. The molecule has 58 heavy (non-hydrogen) atoms. The van der Waals surface area contributed by atoms with Gasteiger partial charge < -0.3 is 14.9 Å². The Morgan fingerprint density at radius 3 is 1.43 bits per heavy atom. The molecule has 278 valence electrons. The summed E-state index contributed by atoms with van der Waals surface area (Å²) in [6.07, 6.45) is 0. The van der Waals surface area contributed by atoms with Crippen LogP contribution in [0.5, 0.6) is 0 Å². The molecule has 1 aliphatic carbocycles. The van der Waals surface area contributed by atoms with Gasteiger partial charge in [0, 0.05) is 61.8 Å². The lowest BCUT2D eigenvalue weighted by Crippen LogP contribution is -2.28. The van der Waals surface area contributed by atoms with E-state index in [-0.39, 0.29) is 0 Å². The number of fused-ring (bicyclic) bond motifs is 4. The quantitative estimate of drug-likeness (QED) is 0.168. The maximum absolute atomic E-state index is 14.0. The van der Waals surface area contributed by atoms with Crippen molar-refractivity contribution < 1.29 is 5.11 Å². The molecule has 0 amide bonds. The Labute approximate surface area is 339 Å². The van der Waals surface area contributed by atoms with Crippen LogP contribution in [0.2, 0.25) is 0 Å². The first-order valence-electron chi connectivity index (χ1n) is 19.8. The molecule has 0 spiro atoms. The van der Waals surface area contributed by atoms with Crippen LogP contribution in [0.25, 0.3) is 33.3 Å². The first kappa shape index (κ1) is 35.2. The number of pyridine rings is 1. The maximum Gasteiger partial charge on any atom is 0.142 e. The molecule has 1 N–H and O–H groups in total. The topological polar surface area (TPSA) is 39.6 Å². The monoisotopic (exact) mass is 747 g/mol. The third-order valence-electron chi connectivity index (χ3n) is 11.3. The van der Waals surface area contributed by atoms with Crippen LogP contribution >= 0.6 is 0 Å². The second-order valence-electron chi connectivity index (χ2n) is 15.1. The summed E-state index contributed by atoms with van der Waals surface area (Å²) in [5.74, 6) is 0. The Morgan fingerprint density at radius 1 is 0.379 bits per heavy atom. The molecule has 0 atom stereocenters. The van der Waals surface area contributed by atoms with Gasteiger partial charge in [0.1, 0.15) is 5.60 Å². The van der Waals surface area contributed by atoms with Crippen molar-refractivity contribution in [2.24, 2.45) is 0 Å². The van der Waals surface area contributed by atoms with E-state index in [1.165, 1.54) is 11.1 Å². The molecular formula is C54H41N3O. The number of hydrogen-bond acceptors (Lipinski definition) is 4. The summed E-state index contributed by atoms with van der Waals surface area (Å²) < 4.78 is 0. The molecule has 0 aliphatic heterocycles. The number of anilines is 6. The Kier molecular flexibility index (Phi) is 8.70. The molecule has 10 rings (SSSR count). The Morgan fingerprint density at radius 2 is 0.862 bits per heavy atom. The van der Waals surface area contributed by atoms with Crippen LogP contribution in [-0.4, -0.2) is 10.1 Å². The van der Waals surface area contributed by atoms with Gasteiger partial charge >= 0.3 is 0 Å². The molecule has 0 radical (unpaired) electrons. The lowest BCUT2D eigenvalue weighted by Gasteiger charge is -2.32. The fourth-order valence-corrected chi connectivity index (χ4v) is 8.67. The van der Waals surface area contributed by atoms with Crippen molar-refractivity contribution in [1.29, 1.82) is 0 Å². The van der Waals surface area contributed by atoms with E-state index in [0.29, 0.717) is 0 Å². The average Bonchev–Trinajstić information content (AvgIpc) is 3.52. The van der Waals surface area contributed by atoms with E-state index in [0.717, 1.165) is 84.1 Å². The second-order valence-corrected chi connectivity index (χ2v) is 15.1. The molecule has 4 nitrogen and oxygen atoms in total. The normalized spacial score (nSPS) is 12.5. The van der Waals surface area contributed by atoms with Gasteiger partial charge in [-0.1, -0.05) is 121 Å². The SMILES string of the molecule is Cc1cccc(N(c2ccccc2)c2ccc3c(c2)C(O)(c2ccccc2-c2ccc4ccccc4n2)c2cc(N(c4ccccc4)c4cccc(C)c4)ccc2-3)c1. The highest BCUT2D eigenvalue weighted by Gasteiger charge is 2.45. The van der Waals surface area contributed by atoms with E-state index in [1.54, 1.807) is 0 Å². The first-order valence-corrected chi connectivity index (χ1v) is 19.8. The fraction of sp³-hybridized carbons (Fsp3) is 0.0556. The van der Waals surface area contributed by atoms with Crippen molar-refractivity contribution in [2.45, 2.75) is 19.4 Å². The van der Waals surface area contributed by atoms with Crippen molar-refractivity contribution in [3.05, 3.63) is 234 Å². The number of aryl methyl sites for hydroxylation is 2. The average molecular weight is 748 g/mol. The molecule has 0 saturated carbocycles.